The molecule has 1 N–H and O–H groups in total. The molecule has 0 spiro atoms. The molecule has 0 aliphatic carbocycles. The highest BCUT2D eigenvalue weighted by Crippen LogP contribution is 2.17. The molecule has 2 rings (SSSR count). The van der Waals surface area contributed by atoms with E-state index in [1.165, 1.54) is 0 Å². The molecule has 0 bridgehead atoms. The zero-order valence-electron chi connectivity index (χ0n) is 14.4. The molecule has 0 saturated carbocycles. The van der Waals surface area contributed by atoms with Crippen molar-refractivity contribution in [2.75, 3.05) is 11.9 Å². The molecule has 25 heavy (non-hydrogen) atoms. The van der Waals surface area contributed by atoms with E-state index in [1.54, 1.807) is 37.3 Å². The van der Waals surface area contributed by atoms with Crippen molar-refractivity contribution in [1.82, 2.24) is 0 Å². The number of Topliss-reactive ketones (excluding diaryl/α,β-unsaturated/α-hetero) is 1. The smallest absolute Gasteiger partial charge is 0.340 e. The Morgan fingerprint density at radius 3 is 2.56 bits per heavy atom. The third kappa shape index (κ3) is 5.22. The lowest BCUT2D eigenvalue weighted by Gasteiger charge is -2.12. The fourth-order valence-corrected chi connectivity index (χ4v) is 2.63. The highest BCUT2D eigenvalue weighted by Gasteiger charge is 2.15. The van der Waals surface area contributed by atoms with Crippen molar-refractivity contribution in [3.05, 3.63) is 65.2 Å². The molecule has 0 atom stereocenters. The number of aryl methyl sites for hydroxylation is 1. The first-order chi connectivity index (χ1) is 12.0. The first kappa shape index (κ1) is 18.8. The molecule has 5 heteroatoms. The largest absolute Gasteiger partial charge is 0.462 e. The summed E-state index contributed by atoms with van der Waals surface area (Å²) in [6.07, 6.45) is 0.955. The molecule has 0 radical (unpaired) electrons. The predicted molar refractivity (Wildman–Crippen MR) is 103 cm³/mol. The summed E-state index contributed by atoms with van der Waals surface area (Å²) in [5, 5.41) is 2.99. The topological polar surface area (TPSA) is 55.4 Å². The predicted octanol–water partition coefficient (Wildman–Crippen LogP) is 4.44. The Kier molecular flexibility index (Phi) is 6.83. The summed E-state index contributed by atoms with van der Waals surface area (Å²) in [5.41, 5.74) is 2.69. The minimum Gasteiger partial charge on any atom is -0.462 e. The van der Waals surface area contributed by atoms with Crippen LogP contribution in [0.25, 0.3) is 0 Å². The van der Waals surface area contributed by atoms with Crippen molar-refractivity contribution in [2.24, 2.45) is 0 Å². The van der Waals surface area contributed by atoms with E-state index in [9.17, 15) is 9.59 Å². The van der Waals surface area contributed by atoms with Crippen LogP contribution in [0.4, 0.5) is 5.69 Å². The van der Waals surface area contributed by atoms with Gasteiger partial charge in [-0.25, -0.2) is 4.79 Å². The Hall–Kier alpha value is -2.53. The molecule has 0 amide bonds. The van der Waals surface area contributed by atoms with Gasteiger partial charge in [0.25, 0.3) is 0 Å². The van der Waals surface area contributed by atoms with Gasteiger partial charge in [-0.05, 0) is 37.1 Å². The summed E-state index contributed by atoms with van der Waals surface area (Å²) in [7, 11) is 0. The molecule has 0 aliphatic rings. The standard InChI is InChI=1S/C20H21NO3S/c1-3-14-8-7-9-15(12-14)18(22)13-19(25)21-17-11-6-5-10-16(17)20(23)24-4-2/h5-12H,3-4,13H2,1-2H3,(H,21,25). The zero-order valence-corrected chi connectivity index (χ0v) is 15.2. The number of thiocarbonyl (C=S) groups is 1. The molecular formula is C20H21NO3S. The van der Waals surface area contributed by atoms with E-state index >= 15 is 0 Å². The van der Waals surface area contributed by atoms with Gasteiger partial charge in [-0.3, -0.25) is 4.79 Å². The van der Waals surface area contributed by atoms with Gasteiger partial charge in [-0.2, -0.15) is 0 Å². The monoisotopic (exact) mass is 355 g/mol. The van der Waals surface area contributed by atoms with E-state index in [0.717, 1.165) is 12.0 Å². The van der Waals surface area contributed by atoms with E-state index in [4.69, 9.17) is 17.0 Å². The van der Waals surface area contributed by atoms with Crippen molar-refractivity contribution < 1.29 is 14.3 Å². The van der Waals surface area contributed by atoms with Crippen molar-refractivity contribution in [1.29, 1.82) is 0 Å². The number of rotatable bonds is 7. The van der Waals surface area contributed by atoms with Crippen LogP contribution in [0.3, 0.4) is 0 Å². The number of hydrogen-bond acceptors (Lipinski definition) is 4. The maximum Gasteiger partial charge on any atom is 0.340 e. The minimum absolute atomic E-state index is 0.0542. The van der Waals surface area contributed by atoms with Crippen LogP contribution < -0.4 is 5.32 Å². The maximum absolute atomic E-state index is 12.4. The van der Waals surface area contributed by atoms with Gasteiger partial charge in [0, 0.05) is 5.56 Å². The minimum atomic E-state index is -0.421. The molecular weight excluding hydrogens is 334 g/mol. The van der Waals surface area contributed by atoms with Crippen LogP contribution in [0.1, 0.15) is 46.5 Å². The number of para-hydroxylation sites is 1. The number of nitrogens with one attached hydrogen (secondary N) is 1. The van der Waals surface area contributed by atoms with Crippen LogP contribution in [0.2, 0.25) is 0 Å². The molecule has 2 aromatic rings. The number of carbonyl (C=O) groups excluding carboxylic acids is 2. The highest BCUT2D eigenvalue weighted by atomic mass is 32.1. The summed E-state index contributed by atoms with van der Waals surface area (Å²) in [5.74, 6) is -0.475. The fraction of sp³-hybridized carbons (Fsp3) is 0.250. The van der Waals surface area contributed by atoms with E-state index < -0.39 is 5.97 Å². The Balaban J connectivity index is 2.07. The number of ketones is 1. The molecule has 4 nitrogen and oxygen atoms in total. The summed E-state index contributed by atoms with van der Waals surface area (Å²) in [4.78, 5) is 24.8. The lowest BCUT2D eigenvalue weighted by atomic mass is 10.0. The van der Waals surface area contributed by atoms with Crippen molar-refractivity contribution in [3.8, 4) is 0 Å². The van der Waals surface area contributed by atoms with Gasteiger partial charge in [0.05, 0.1) is 29.3 Å². The molecule has 0 heterocycles. The van der Waals surface area contributed by atoms with E-state index in [0.29, 0.717) is 28.4 Å². The van der Waals surface area contributed by atoms with E-state index in [1.807, 2.05) is 25.1 Å². The fourth-order valence-electron chi connectivity index (χ4n) is 2.39. The molecule has 0 unspecified atom stereocenters. The number of hydrogen-bond donors (Lipinski definition) is 1. The summed E-state index contributed by atoms with van der Waals surface area (Å²) in [6, 6.07) is 14.5. The Morgan fingerprint density at radius 2 is 1.84 bits per heavy atom. The first-order valence-corrected chi connectivity index (χ1v) is 8.64. The Bertz CT molecular complexity index is 786. The van der Waals surface area contributed by atoms with E-state index in [2.05, 4.69) is 5.32 Å². The van der Waals surface area contributed by atoms with Crippen LogP contribution in [-0.4, -0.2) is 23.3 Å². The van der Waals surface area contributed by atoms with Gasteiger partial charge in [0.2, 0.25) is 0 Å². The lowest BCUT2D eigenvalue weighted by molar-refractivity contribution is 0.0527. The Labute approximate surface area is 153 Å². The number of ether oxygens (including phenoxy) is 1. The number of anilines is 1. The quantitative estimate of drug-likeness (QED) is 0.452. The summed E-state index contributed by atoms with van der Waals surface area (Å²) < 4.78 is 5.04. The highest BCUT2D eigenvalue weighted by molar-refractivity contribution is 7.80. The van der Waals surface area contributed by atoms with Crippen LogP contribution >= 0.6 is 12.2 Å². The number of carbonyl (C=O) groups is 2. The molecule has 0 saturated heterocycles. The lowest BCUT2D eigenvalue weighted by Crippen LogP contribution is -2.17. The van der Waals surface area contributed by atoms with Crippen LogP contribution in [-0.2, 0) is 11.2 Å². The second-order valence-corrected chi connectivity index (χ2v) is 5.96. The van der Waals surface area contributed by atoms with Gasteiger partial charge >= 0.3 is 5.97 Å². The van der Waals surface area contributed by atoms with Gasteiger partial charge in [-0.15, -0.1) is 0 Å². The first-order valence-electron chi connectivity index (χ1n) is 8.23. The summed E-state index contributed by atoms with van der Waals surface area (Å²) >= 11 is 5.30. The van der Waals surface area contributed by atoms with Gasteiger partial charge < -0.3 is 10.1 Å². The van der Waals surface area contributed by atoms with Crippen LogP contribution in [0, 0.1) is 0 Å². The third-order valence-electron chi connectivity index (χ3n) is 3.67. The molecule has 2 aromatic carbocycles. The van der Waals surface area contributed by atoms with Crippen molar-refractivity contribution in [2.45, 2.75) is 26.7 Å². The molecule has 0 aliphatic heterocycles. The second kappa shape index (κ2) is 9.08. The normalized spacial score (nSPS) is 10.2. The number of benzene rings is 2. The van der Waals surface area contributed by atoms with Crippen LogP contribution in [0.15, 0.2) is 48.5 Å². The third-order valence-corrected chi connectivity index (χ3v) is 3.92. The average molecular weight is 355 g/mol. The van der Waals surface area contributed by atoms with Crippen LogP contribution in [0.5, 0.6) is 0 Å². The molecule has 0 aromatic heterocycles. The van der Waals surface area contributed by atoms with Gasteiger partial charge in [-0.1, -0.05) is 49.5 Å². The Morgan fingerprint density at radius 1 is 1.08 bits per heavy atom. The van der Waals surface area contributed by atoms with Crippen molar-refractivity contribution >= 4 is 34.6 Å². The van der Waals surface area contributed by atoms with E-state index in [-0.39, 0.29) is 12.2 Å². The molecule has 130 valence electrons. The maximum atomic E-state index is 12.4. The van der Waals surface area contributed by atoms with Crippen molar-refractivity contribution in [3.63, 3.8) is 0 Å². The molecule has 0 fully saturated rings. The van der Waals surface area contributed by atoms with Gasteiger partial charge in [0.1, 0.15) is 0 Å². The average Bonchev–Trinajstić information content (AvgIpc) is 2.62. The SMILES string of the molecule is CCOC(=O)c1ccccc1NC(=S)CC(=O)c1cccc(CC)c1. The number of esters is 1. The van der Waals surface area contributed by atoms with Gasteiger partial charge in [0.15, 0.2) is 5.78 Å². The second-order valence-electron chi connectivity index (χ2n) is 5.47. The summed E-state index contributed by atoms with van der Waals surface area (Å²) in [6.45, 7) is 4.09. The zero-order chi connectivity index (χ0) is 18.2.